The van der Waals surface area contributed by atoms with E-state index in [0.717, 1.165) is 5.56 Å². The van der Waals surface area contributed by atoms with E-state index in [1.54, 1.807) is 17.0 Å². The Balaban J connectivity index is 0.00000324. The highest BCUT2D eigenvalue weighted by Crippen LogP contribution is 2.23. The SMILES string of the molecule is CCN(Cc1ccc(Cl)c(Cl)c1)C(=O)C(C)CN.Cl. The molecule has 0 aliphatic heterocycles. The molecule has 1 atom stereocenters. The van der Waals surface area contributed by atoms with E-state index in [9.17, 15) is 4.79 Å². The van der Waals surface area contributed by atoms with E-state index in [2.05, 4.69) is 0 Å². The van der Waals surface area contributed by atoms with Crippen molar-refractivity contribution in [1.82, 2.24) is 4.90 Å². The molecule has 0 saturated heterocycles. The summed E-state index contributed by atoms with van der Waals surface area (Å²) in [6, 6.07) is 5.40. The van der Waals surface area contributed by atoms with Crippen LogP contribution >= 0.6 is 35.6 Å². The highest BCUT2D eigenvalue weighted by Gasteiger charge is 2.18. The molecule has 3 nitrogen and oxygen atoms in total. The number of hydrogen-bond acceptors (Lipinski definition) is 2. The zero-order valence-electron chi connectivity index (χ0n) is 11.0. The minimum atomic E-state index is -0.160. The molecular formula is C13H19Cl3N2O. The van der Waals surface area contributed by atoms with Crippen LogP contribution in [0.3, 0.4) is 0 Å². The van der Waals surface area contributed by atoms with Crippen molar-refractivity contribution in [3.63, 3.8) is 0 Å². The van der Waals surface area contributed by atoms with E-state index < -0.39 is 0 Å². The summed E-state index contributed by atoms with van der Waals surface area (Å²) in [5.41, 5.74) is 6.48. The van der Waals surface area contributed by atoms with E-state index in [0.29, 0.717) is 29.7 Å². The average molecular weight is 326 g/mol. The first-order chi connectivity index (χ1) is 8.49. The van der Waals surface area contributed by atoms with Crippen LogP contribution in [0.4, 0.5) is 0 Å². The van der Waals surface area contributed by atoms with Gasteiger partial charge in [0.1, 0.15) is 0 Å². The Labute approximate surface area is 130 Å². The van der Waals surface area contributed by atoms with E-state index in [4.69, 9.17) is 28.9 Å². The Kier molecular flexibility index (Phi) is 8.42. The number of carbonyl (C=O) groups excluding carboxylic acids is 1. The Bertz CT molecular complexity index is 426. The van der Waals surface area contributed by atoms with Crippen molar-refractivity contribution in [2.45, 2.75) is 20.4 Å². The minimum Gasteiger partial charge on any atom is -0.338 e. The van der Waals surface area contributed by atoms with Crippen molar-refractivity contribution in [1.29, 1.82) is 0 Å². The summed E-state index contributed by atoms with van der Waals surface area (Å²) < 4.78 is 0. The highest BCUT2D eigenvalue weighted by molar-refractivity contribution is 6.42. The molecule has 0 spiro atoms. The largest absolute Gasteiger partial charge is 0.338 e. The lowest BCUT2D eigenvalue weighted by molar-refractivity contribution is -0.135. The molecule has 108 valence electrons. The molecule has 1 unspecified atom stereocenters. The fourth-order valence-corrected chi connectivity index (χ4v) is 1.94. The molecule has 19 heavy (non-hydrogen) atoms. The van der Waals surface area contributed by atoms with Gasteiger partial charge >= 0.3 is 0 Å². The summed E-state index contributed by atoms with van der Waals surface area (Å²) in [5.74, 6) is -0.0983. The number of amides is 1. The van der Waals surface area contributed by atoms with E-state index in [1.807, 2.05) is 19.9 Å². The lowest BCUT2D eigenvalue weighted by atomic mass is 10.1. The number of halogens is 3. The predicted molar refractivity (Wildman–Crippen MR) is 83.0 cm³/mol. The van der Waals surface area contributed by atoms with E-state index in [1.165, 1.54) is 0 Å². The monoisotopic (exact) mass is 324 g/mol. The maximum atomic E-state index is 12.0. The van der Waals surface area contributed by atoms with Crippen molar-refractivity contribution < 1.29 is 4.79 Å². The lowest BCUT2D eigenvalue weighted by Gasteiger charge is -2.24. The van der Waals surface area contributed by atoms with Crippen molar-refractivity contribution >= 4 is 41.5 Å². The van der Waals surface area contributed by atoms with Gasteiger partial charge in [0.05, 0.1) is 10.0 Å². The van der Waals surface area contributed by atoms with Crippen molar-refractivity contribution in [3.05, 3.63) is 33.8 Å². The van der Waals surface area contributed by atoms with Crippen LogP contribution in [-0.2, 0) is 11.3 Å². The molecule has 0 fully saturated rings. The van der Waals surface area contributed by atoms with Crippen LogP contribution in [-0.4, -0.2) is 23.9 Å². The second-order valence-electron chi connectivity index (χ2n) is 4.24. The zero-order valence-corrected chi connectivity index (χ0v) is 13.4. The van der Waals surface area contributed by atoms with Crippen LogP contribution in [0.25, 0.3) is 0 Å². The Morgan fingerprint density at radius 1 is 1.37 bits per heavy atom. The first kappa shape index (κ1) is 18.5. The Hall–Kier alpha value is -0.480. The van der Waals surface area contributed by atoms with Crippen LogP contribution in [0, 0.1) is 5.92 Å². The maximum absolute atomic E-state index is 12.0. The van der Waals surface area contributed by atoms with Crippen LogP contribution in [0.5, 0.6) is 0 Å². The van der Waals surface area contributed by atoms with Crippen LogP contribution in [0.2, 0.25) is 10.0 Å². The van der Waals surface area contributed by atoms with Crippen LogP contribution < -0.4 is 5.73 Å². The molecular weight excluding hydrogens is 307 g/mol. The van der Waals surface area contributed by atoms with Gasteiger partial charge in [-0.1, -0.05) is 36.2 Å². The number of nitrogens with zero attached hydrogens (tertiary/aromatic N) is 1. The van der Waals surface area contributed by atoms with Gasteiger partial charge in [-0.3, -0.25) is 4.79 Å². The highest BCUT2D eigenvalue weighted by atomic mass is 35.5. The number of benzene rings is 1. The predicted octanol–water partition coefficient (Wildman–Crippen LogP) is 3.36. The van der Waals surface area contributed by atoms with Gasteiger partial charge in [-0.2, -0.15) is 0 Å². The first-order valence-electron chi connectivity index (χ1n) is 5.92. The first-order valence-corrected chi connectivity index (χ1v) is 6.68. The standard InChI is InChI=1S/C13H18Cl2N2O.ClH/c1-3-17(13(18)9(2)7-16)8-10-4-5-11(14)12(15)6-10;/h4-6,9H,3,7-8,16H2,1-2H3;1H. The topological polar surface area (TPSA) is 46.3 Å². The molecule has 2 N–H and O–H groups in total. The lowest BCUT2D eigenvalue weighted by Crippen LogP contribution is -2.37. The molecule has 0 aliphatic rings. The van der Waals surface area contributed by atoms with Gasteiger partial charge in [0.2, 0.25) is 5.91 Å². The summed E-state index contributed by atoms with van der Waals surface area (Å²) in [4.78, 5) is 13.8. The van der Waals surface area contributed by atoms with Crippen LogP contribution in [0.15, 0.2) is 18.2 Å². The molecule has 1 rings (SSSR count). The van der Waals surface area contributed by atoms with Gasteiger partial charge in [-0.15, -0.1) is 12.4 Å². The van der Waals surface area contributed by atoms with E-state index >= 15 is 0 Å². The summed E-state index contributed by atoms with van der Waals surface area (Å²) in [6.07, 6.45) is 0. The van der Waals surface area contributed by atoms with Crippen molar-refractivity contribution in [3.8, 4) is 0 Å². The summed E-state index contributed by atoms with van der Waals surface area (Å²) in [6.45, 7) is 5.30. The maximum Gasteiger partial charge on any atom is 0.226 e. The molecule has 0 radical (unpaired) electrons. The molecule has 0 aromatic heterocycles. The Morgan fingerprint density at radius 2 is 2.00 bits per heavy atom. The van der Waals surface area contributed by atoms with Gasteiger partial charge in [0, 0.05) is 25.6 Å². The smallest absolute Gasteiger partial charge is 0.226 e. The number of carbonyl (C=O) groups is 1. The number of nitrogens with two attached hydrogens (primary N) is 1. The quantitative estimate of drug-likeness (QED) is 0.902. The van der Waals surface area contributed by atoms with Gasteiger partial charge in [-0.25, -0.2) is 0 Å². The van der Waals surface area contributed by atoms with Crippen molar-refractivity contribution in [2.75, 3.05) is 13.1 Å². The third-order valence-electron chi connectivity index (χ3n) is 2.83. The van der Waals surface area contributed by atoms with Gasteiger partial charge in [-0.05, 0) is 24.6 Å². The molecule has 6 heteroatoms. The molecule has 1 amide bonds. The number of hydrogen-bond donors (Lipinski definition) is 1. The molecule has 0 aliphatic carbocycles. The fraction of sp³-hybridized carbons (Fsp3) is 0.462. The van der Waals surface area contributed by atoms with Gasteiger partial charge in [0.15, 0.2) is 0 Å². The van der Waals surface area contributed by atoms with Gasteiger partial charge in [0.25, 0.3) is 0 Å². The average Bonchev–Trinajstić information content (AvgIpc) is 2.38. The second-order valence-corrected chi connectivity index (χ2v) is 5.05. The number of rotatable bonds is 5. The summed E-state index contributed by atoms with van der Waals surface area (Å²) >= 11 is 11.8. The molecule has 0 heterocycles. The summed E-state index contributed by atoms with van der Waals surface area (Å²) in [7, 11) is 0. The van der Waals surface area contributed by atoms with Crippen molar-refractivity contribution in [2.24, 2.45) is 11.7 Å². The fourth-order valence-electron chi connectivity index (χ4n) is 1.62. The summed E-state index contributed by atoms with van der Waals surface area (Å²) in [5, 5.41) is 1.02. The molecule has 1 aromatic carbocycles. The zero-order chi connectivity index (χ0) is 13.7. The molecule has 1 aromatic rings. The van der Waals surface area contributed by atoms with Gasteiger partial charge < -0.3 is 10.6 Å². The minimum absolute atomic E-state index is 0. The molecule has 0 bridgehead atoms. The molecule has 0 saturated carbocycles. The second kappa shape index (κ2) is 8.64. The Morgan fingerprint density at radius 3 is 2.47 bits per heavy atom. The van der Waals surface area contributed by atoms with Crippen LogP contribution in [0.1, 0.15) is 19.4 Å². The third-order valence-corrected chi connectivity index (χ3v) is 3.56. The van der Waals surface area contributed by atoms with E-state index in [-0.39, 0.29) is 24.2 Å². The third kappa shape index (κ3) is 5.19. The normalized spacial score (nSPS) is 11.6.